The molecule has 0 heterocycles. The normalized spacial score (nSPS) is 12.0. The van der Waals surface area contributed by atoms with Gasteiger partial charge in [-0.15, -0.1) is 13.2 Å². The maximum absolute atomic E-state index is 13.5. The van der Waals surface area contributed by atoms with Crippen LogP contribution in [0, 0.1) is 17.1 Å². The number of nitrogens with zero attached hydrogens (tertiary/aromatic N) is 1. The van der Waals surface area contributed by atoms with E-state index in [2.05, 4.69) is 4.74 Å². The molecule has 1 aromatic carbocycles. The van der Waals surface area contributed by atoms with Crippen molar-refractivity contribution >= 4 is 19.7 Å². The van der Waals surface area contributed by atoms with Gasteiger partial charge in [-0.25, -0.2) is 12.8 Å². The van der Waals surface area contributed by atoms with E-state index in [-0.39, 0.29) is 0 Å². The molecule has 0 saturated carbocycles. The summed E-state index contributed by atoms with van der Waals surface area (Å²) in [6, 6.07) is 2.46. The number of ether oxygens (including phenoxy) is 1. The molecule has 1 aromatic rings. The number of hydrogen-bond donors (Lipinski definition) is 0. The van der Waals surface area contributed by atoms with Gasteiger partial charge in [0.1, 0.15) is 11.0 Å². The maximum Gasteiger partial charge on any atom is 0.573 e. The van der Waals surface area contributed by atoms with Crippen molar-refractivity contribution in [3.05, 3.63) is 23.5 Å². The SMILES string of the molecule is N#Cc1ccc(S(=O)(=O)Cl)c(F)c1OC(F)(F)F. The minimum absolute atomic E-state index is 0.569. The van der Waals surface area contributed by atoms with Crippen LogP contribution in [0.2, 0.25) is 0 Å². The summed E-state index contributed by atoms with van der Waals surface area (Å²) in [5.74, 6) is -3.41. The Hall–Kier alpha value is -1.53. The average molecular weight is 304 g/mol. The van der Waals surface area contributed by atoms with Crippen molar-refractivity contribution in [1.82, 2.24) is 0 Å². The molecule has 0 aliphatic rings. The van der Waals surface area contributed by atoms with E-state index >= 15 is 0 Å². The zero-order valence-corrected chi connectivity index (χ0v) is 9.70. The molecule has 98 valence electrons. The second kappa shape index (κ2) is 4.62. The summed E-state index contributed by atoms with van der Waals surface area (Å²) < 4.78 is 74.5. The van der Waals surface area contributed by atoms with Gasteiger partial charge in [-0.2, -0.15) is 5.26 Å². The molecular formula is C8H2ClF4NO3S. The summed E-state index contributed by atoms with van der Waals surface area (Å²) in [7, 11) is 0.219. The molecule has 0 N–H and O–H groups in total. The Kier molecular flexibility index (Phi) is 3.73. The summed E-state index contributed by atoms with van der Waals surface area (Å²) >= 11 is 0. The van der Waals surface area contributed by atoms with Crippen LogP contribution in [0.25, 0.3) is 0 Å². The summed E-state index contributed by atoms with van der Waals surface area (Å²) in [6.07, 6.45) is -5.28. The molecule has 0 saturated heterocycles. The van der Waals surface area contributed by atoms with Crippen molar-refractivity contribution in [2.75, 3.05) is 0 Å². The molecule has 0 atom stereocenters. The summed E-state index contributed by atoms with van der Waals surface area (Å²) in [5.41, 5.74) is -0.811. The quantitative estimate of drug-likeness (QED) is 0.622. The smallest absolute Gasteiger partial charge is 0.401 e. The highest BCUT2D eigenvalue weighted by Gasteiger charge is 2.35. The largest absolute Gasteiger partial charge is 0.573 e. The number of benzene rings is 1. The summed E-state index contributed by atoms with van der Waals surface area (Å²) in [4.78, 5) is -1.21. The standard InChI is InChI=1S/C8H2ClF4NO3S/c9-18(15,16)5-2-1-4(3-14)7(6(5)10)17-8(11,12)13/h1-2H. The van der Waals surface area contributed by atoms with Gasteiger partial charge in [0.25, 0.3) is 9.05 Å². The van der Waals surface area contributed by atoms with Gasteiger partial charge in [0.15, 0.2) is 11.6 Å². The van der Waals surface area contributed by atoms with Crippen LogP contribution < -0.4 is 4.74 Å². The van der Waals surface area contributed by atoms with Crippen LogP contribution >= 0.6 is 10.7 Å². The van der Waals surface area contributed by atoms with E-state index in [0.717, 1.165) is 0 Å². The minimum Gasteiger partial charge on any atom is -0.401 e. The molecule has 0 spiro atoms. The van der Waals surface area contributed by atoms with Gasteiger partial charge in [0.05, 0.1) is 5.56 Å². The Balaban J connectivity index is 3.53. The first-order chi connectivity index (χ1) is 8.06. The fourth-order valence-electron chi connectivity index (χ4n) is 1.03. The van der Waals surface area contributed by atoms with E-state index in [1.807, 2.05) is 0 Å². The van der Waals surface area contributed by atoms with Crippen LogP contribution in [0.5, 0.6) is 5.75 Å². The lowest BCUT2D eigenvalue weighted by atomic mass is 10.2. The maximum atomic E-state index is 13.5. The van der Waals surface area contributed by atoms with E-state index in [4.69, 9.17) is 15.9 Å². The highest BCUT2D eigenvalue weighted by Crippen LogP contribution is 2.33. The molecule has 0 unspecified atom stereocenters. The molecule has 0 aliphatic heterocycles. The molecule has 1 rings (SSSR count). The van der Waals surface area contributed by atoms with Gasteiger partial charge >= 0.3 is 6.36 Å². The van der Waals surface area contributed by atoms with Crippen molar-refractivity contribution in [2.45, 2.75) is 11.3 Å². The Morgan fingerprint density at radius 3 is 2.28 bits per heavy atom. The topological polar surface area (TPSA) is 67.2 Å². The number of hydrogen-bond acceptors (Lipinski definition) is 4. The zero-order valence-electron chi connectivity index (χ0n) is 8.12. The molecule has 0 amide bonds. The second-order valence-electron chi connectivity index (χ2n) is 2.85. The number of alkyl halides is 3. The monoisotopic (exact) mass is 303 g/mol. The van der Waals surface area contributed by atoms with E-state index in [9.17, 15) is 26.0 Å². The predicted octanol–water partition coefficient (Wildman–Crippen LogP) is 2.52. The fraction of sp³-hybridized carbons (Fsp3) is 0.125. The Bertz CT molecular complexity index is 620. The van der Waals surface area contributed by atoms with Gasteiger partial charge < -0.3 is 4.74 Å². The number of nitriles is 1. The molecule has 4 nitrogen and oxygen atoms in total. The highest BCUT2D eigenvalue weighted by molar-refractivity contribution is 8.13. The Morgan fingerprint density at radius 1 is 1.33 bits per heavy atom. The van der Waals surface area contributed by atoms with Crippen LogP contribution in [0.4, 0.5) is 17.6 Å². The third-order valence-corrected chi connectivity index (χ3v) is 3.00. The van der Waals surface area contributed by atoms with Crippen LogP contribution in [0.1, 0.15) is 5.56 Å². The molecule has 10 heteroatoms. The molecular weight excluding hydrogens is 302 g/mol. The number of halogens is 5. The summed E-state index contributed by atoms with van der Waals surface area (Å²) in [5, 5.41) is 8.49. The minimum atomic E-state index is -5.28. The fourth-order valence-corrected chi connectivity index (χ4v) is 1.92. The van der Waals surface area contributed by atoms with Crippen LogP contribution in [0.3, 0.4) is 0 Å². The molecule has 0 bridgehead atoms. The first-order valence-corrected chi connectivity index (χ1v) is 6.30. The predicted molar refractivity (Wildman–Crippen MR) is 50.8 cm³/mol. The van der Waals surface area contributed by atoms with Gasteiger partial charge in [-0.3, -0.25) is 0 Å². The Morgan fingerprint density at radius 2 is 1.89 bits per heavy atom. The average Bonchev–Trinajstić information content (AvgIpc) is 2.17. The van der Waals surface area contributed by atoms with E-state index in [1.54, 1.807) is 0 Å². The molecule has 18 heavy (non-hydrogen) atoms. The van der Waals surface area contributed by atoms with Crippen LogP contribution in [0.15, 0.2) is 17.0 Å². The van der Waals surface area contributed by atoms with E-state index in [0.29, 0.717) is 12.1 Å². The lowest BCUT2D eigenvalue weighted by molar-refractivity contribution is -0.275. The lowest BCUT2D eigenvalue weighted by Gasteiger charge is -2.12. The lowest BCUT2D eigenvalue weighted by Crippen LogP contribution is -2.19. The molecule has 0 fully saturated rings. The van der Waals surface area contributed by atoms with Crippen molar-refractivity contribution in [3.63, 3.8) is 0 Å². The van der Waals surface area contributed by atoms with Crippen molar-refractivity contribution in [3.8, 4) is 11.8 Å². The molecule has 0 aliphatic carbocycles. The van der Waals surface area contributed by atoms with Gasteiger partial charge in [0.2, 0.25) is 0 Å². The van der Waals surface area contributed by atoms with Gasteiger partial charge in [-0.1, -0.05) is 0 Å². The van der Waals surface area contributed by atoms with Crippen LogP contribution in [-0.2, 0) is 9.05 Å². The molecule has 0 aromatic heterocycles. The van der Waals surface area contributed by atoms with Crippen molar-refractivity contribution < 1.29 is 30.7 Å². The highest BCUT2D eigenvalue weighted by atomic mass is 35.7. The summed E-state index contributed by atoms with van der Waals surface area (Å²) in [6.45, 7) is 0. The zero-order chi connectivity index (χ0) is 14.1. The van der Waals surface area contributed by atoms with E-state index < -0.39 is 37.4 Å². The Labute approximate surface area is 103 Å². The van der Waals surface area contributed by atoms with E-state index in [1.165, 1.54) is 6.07 Å². The first kappa shape index (κ1) is 14.5. The van der Waals surface area contributed by atoms with Gasteiger partial charge in [-0.05, 0) is 12.1 Å². The van der Waals surface area contributed by atoms with Gasteiger partial charge in [0, 0.05) is 10.7 Å². The number of rotatable bonds is 2. The van der Waals surface area contributed by atoms with Crippen LogP contribution in [-0.4, -0.2) is 14.8 Å². The third kappa shape index (κ3) is 3.24. The van der Waals surface area contributed by atoms with Crippen molar-refractivity contribution in [1.29, 1.82) is 5.26 Å². The first-order valence-electron chi connectivity index (χ1n) is 3.99. The third-order valence-electron chi connectivity index (χ3n) is 1.66. The van der Waals surface area contributed by atoms with Crippen molar-refractivity contribution in [2.24, 2.45) is 0 Å². The molecule has 0 radical (unpaired) electrons. The second-order valence-corrected chi connectivity index (χ2v) is 5.39.